The zero-order valence-electron chi connectivity index (χ0n) is 8.02. The fourth-order valence-corrected chi connectivity index (χ4v) is 0.938. The van der Waals surface area contributed by atoms with E-state index in [0.717, 1.165) is 0 Å². The molecule has 1 unspecified atom stereocenters. The van der Waals surface area contributed by atoms with Crippen molar-refractivity contribution >= 4 is 5.69 Å². The lowest BCUT2D eigenvalue weighted by molar-refractivity contribution is 0.00376. The van der Waals surface area contributed by atoms with Crippen LogP contribution >= 0.6 is 0 Å². The summed E-state index contributed by atoms with van der Waals surface area (Å²) in [4.78, 5) is 2.26. The first-order valence-electron chi connectivity index (χ1n) is 4.24. The SMILES string of the molecule is OC(CNc1c(F)c(F)nc(F)c1F)C(F)F. The van der Waals surface area contributed by atoms with Crippen LogP contribution in [-0.2, 0) is 0 Å². The van der Waals surface area contributed by atoms with Gasteiger partial charge in [-0.05, 0) is 0 Å². The molecule has 9 heteroatoms. The molecule has 1 aromatic rings. The Balaban J connectivity index is 2.91. The molecule has 96 valence electrons. The summed E-state index contributed by atoms with van der Waals surface area (Å²) < 4.78 is 74.7. The Kier molecular flexibility index (Phi) is 4.16. The second-order valence-electron chi connectivity index (χ2n) is 2.98. The second-order valence-corrected chi connectivity index (χ2v) is 2.98. The van der Waals surface area contributed by atoms with Crippen molar-refractivity contribution in [1.29, 1.82) is 0 Å². The van der Waals surface area contributed by atoms with Crippen LogP contribution in [0.15, 0.2) is 0 Å². The van der Waals surface area contributed by atoms with E-state index in [1.165, 1.54) is 0 Å². The first-order chi connectivity index (χ1) is 7.84. The Morgan fingerprint density at radius 2 is 1.53 bits per heavy atom. The summed E-state index contributed by atoms with van der Waals surface area (Å²) in [6.07, 6.45) is -5.39. The van der Waals surface area contributed by atoms with Gasteiger partial charge in [0.1, 0.15) is 11.8 Å². The molecule has 3 nitrogen and oxygen atoms in total. The third-order valence-electron chi connectivity index (χ3n) is 1.78. The van der Waals surface area contributed by atoms with Crippen LogP contribution in [0.25, 0.3) is 0 Å². The normalized spacial score (nSPS) is 12.9. The standard InChI is InChI=1S/C8H6F6N2O/c9-3-5(15-1-2(17)6(11)12)4(10)8(14)16-7(3)13/h2,6,17H,1H2,(H,15,16). The zero-order valence-corrected chi connectivity index (χ0v) is 8.02. The van der Waals surface area contributed by atoms with Crippen LogP contribution in [0.5, 0.6) is 0 Å². The van der Waals surface area contributed by atoms with Gasteiger partial charge in [-0.3, -0.25) is 0 Å². The molecule has 2 N–H and O–H groups in total. The summed E-state index contributed by atoms with van der Waals surface area (Å²) in [5.74, 6) is -7.55. The van der Waals surface area contributed by atoms with Gasteiger partial charge >= 0.3 is 0 Å². The second kappa shape index (κ2) is 5.21. The van der Waals surface area contributed by atoms with Gasteiger partial charge in [-0.2, -0.15) is 22.5 Å². The highest BCUT2D eigenvalue weighted by Crippen LogP contribution is 2.22. The number of hydrogen-bond acceptors (Lipinski definition) is 3. The largest absolute Gasteiger partial charge is 0.385 e. The molecule has 0 aliphatic rings. The summed E-state index contributed by atoms with van der Waals surface area (Å²) in [7, 11) is 0. The maximum absolute atomic E-state index is 12.9. The number of aliphatic hydroxyl groups excluding tert-OH is 1. The maximum Gasteiger partial charge on any atom is 0.265 e. The van der Waals surface area contributed by atoms with E-state index in [-0.39, 0.29) is 0 Å². The minimum atomic E-state index is -3.16. The first-order valence-corrected chi connectivity index (χ1v) is 4.24. The Morgan fingerprint density at radius 3 is 1.94 bits per heavy atom. The first kappa shape index (κ1) is 13.6. The zero-order chi connectivity index (χ0) is 13.2. The van der Waals surface area contributed by atoms with E-state index < -0.39 is 48.3 Å². The third-order valence-corrected chi connectivity index (χ3v) is 1.78. The number of nitrogens with zero attached hydrogens (tertiary/aromatic N) is 1. The Hall–Kier alpha value is -1.51. The molecule has 1 aromatic heterocycles. The maximum atomic E-state index is 12.9. The van der Waals surface area contributed by atoms with Crippen molar-refractivity contribution in [3.8, 4) is 0 Å². The number of alkyl halides is 2. The van der Waals surface area contributed by atoms with E-state index >= 15 is 0 Å². The summed E-state index contributed by atoms with van der Waals surface area (Å²) >= 11 is 0. The highest BCUT2D eigenvalue weighted by atomic mass is 19.3. The number of anilines is 1. The number of nitrogens with one attached hydrogen (secondary N) is 1. The molecule has 0 spiro atoms. The molecular weight excluding hydrogens is 254 g/mol. The van der Waals surface area contributed by atoms with Crippen molar-refractivity contribution in [2.24, 2.45) is 0 Å². The molecule has 0 fully saturated rings. The average molecular weight is 260 g/mol. The average Bonchev–Trinajstić information content (AvgIpc) is 2.26. The minimum absolute atomic E-state index is 0.978. The van der Waals surface area contributed by atoms with Crippen LogP contribution in [0.4, 0.5) is 32.0 Å². The molecule has 0 saturated carbocycles. The van der Waals surface area contributed by atoms with Crippen LogP contribution in [0.2, 0.25) is 0 Å². The summed E-state index contributed by atoms with van der Waals surface area (Å²) in [5, 5.41) is 10.3. The highest BCUT2D eigenvalue weighted by Gasteiger charge is 2.23. The van der Waals surface area contributed by atoms with E-state index in [4.69, 9.17) is 5.11 Å². The van der Waals surface area contributed by atoms with Gasteiger partial charge in [0, 0.05) is 6.54 Å². The van der Waals surface area contributed by atoms with E-state index in [2.05, 4.69) is 4.98 Å². The lowest BCUT2D eigenvalue weighted by atomic mass is 10.3. The molecule has 0 aliphatic heterocycles. The van der Waals surface area contributed by atoms with Gasteiger partial charge in [-0.1, -0.05) is 0 Å². The van der Waals surface area contributed by atoms with Crippen molar-refractivity contribution < 1.29 is 31.4 Å². The fourth-order valence-electron chi connectivity index (χ4n) is 0.938. The molecular formula is C8H6F6N2O. The number of aromatic nitrogens is 1. The van der Waals surface area contributed by atoms with Crippen molar-refractivity contribution in [1.82, 2.24) is 4.98 Å². The van der Waals surface area contributed by atoms with Gasteiger partial charge in [0.25, 0.3) is 18.3 Å². The summed E-state index contributed by atoms with van der Waals surface area (Å²) in [6, 6.07) is 0. The van der Waals surface area contributed by atoms with Gasteiger partial charge in [0.15, 0.2) is 0 Å². The van der Waals surface area contributed by atoms with Crippen LogP contribution in [-0.4, -0.2) is 29.2 Å². The van der Waals surface area contributed by atoms with Crippen LogP contribution in [0, 0.1) is 23.5 Å². The molecule has 0 amide bonds. The molecule has 0 aromatic carbocycles. The quantitative estimate of drug-likeness (QED) is 0.639. The molecule has 1 rings (SSSR count). The topological polar surface area (TPSA) is 45.1 Å². The molecule has 0 saturated heterocycles. The van der Waals surface area contributed by atoms with E-state index in [9.17, 15) is 26.3 Å². The molecule has 1 heterocycles. The van der Waals surface area contributed by atoms with Crippen molar-refractivity contribution in [3.05, 3.63) is 23.5 Å². The van der Waals surface area contributed by atoms with Gasteiger partial charge in [0.2, 0.25) is 11.6 Å². The van der Waals surface area contributed by atoms with Gasteiger partial charge in [0.05, 0.1) is 0 Å². The number of aliphatic hydroxyl groups is 1. The van der Waals surface area contributed by atoms with Crippen molar-refractivity contribution in [3.63, 3.8) is 0 Å². The number of rotatable bonds is 4. The van der Waals surface area contributed by atoms with Gasteiger partial charge in [-0.25, -0.2) is 8.78 Å². The van der Waals surface area contributed by atoms with Crippen molar-refractivity contribution in [2.45, 2.75) is 12.5 Å². The molecule has 0 aliphatic carbocycles. The molecule has 17 heavy (non-hydrogen) atoms. The van der Waals surface area contributed by atoms with Crippen molar-refractivity contribution in [2.75, 3.05) is 11.9 Å². The summed E-state index contributed by atoms with van der Waals surface area (Å²) in [6.45, 7) is -0.978. The number of halogens is 6. The summed E-state index contributed by atoms with van der Waals surface area (Å²) in [5.41, 5.74) is -1.30. The van der Waals surface area contributed by atoms with E-state index in [1.54, 1.807) is 5.32 Å². The fraction of sp³-hybridized carbons (Fsp3) is 0.375. The van der Waals surface area contributed by atoms with Crippen LogP contribution < -0.4 is 5.32 Å². The number of hydrogen-bond donors (Lipinski definition) is 2. The molecule has 0 bridgehead atoms. The minimum Gasteiger partial charge on any atom is -0.385 e. The predicted molar refractivity (Wildman–Crippen MR) is 44.6 cm³/mol. The third kappa shape index (κ3) is 2.99. The Bertz CT molecular complexity index is 387. The Labute approximate surface area is 91.1 Å². The molecule has 0 radical (unpaired) electrons. The van der Waals surface area contributed by atoms with Crippen LogP contribution in [0.3, 0.4) is 0 Å². The lowest BCUT2D eigenvalue weighted by Crippen LogP contribution is -2.27. The van der Waals surface area contributed by atoms with Gasteiger partial charge in [-0.15, -0.1) is 0 Å². The predicted octanol–water partition coefficient (Wildman–Crippen LogP) is 1.68. The van der Waals surface area contributed by atoms with E-state index in [1.807, 2.05) is 0 Å². The lowest BCUT2D eigenvalue weighted by Gasteiger charge is -2.13. The monoisotopic (exact) mass is 260 g/mol. The highest BCUT2D eigenvalue weighted by molar-refractivity contribution is 5.45. The van der Waals surface area contributed by atoms with Gasteiger partial charge < -0.3 is 10.4 Å². The number of pyridine rings is 1. The smallest absolute Gasteiger partial charge is 0.265 e. The van der Waals surface area contributed by atoms with E-state index in [0.29, 0.717) is 0 Å². The molecule has 1 atom stereocenters. The van der Waals surface area contributed by atoms with Crippen LogP contribution in [0.1, 0.15) is 0 Å². The Morgan fingerprint density at radius 1 is 1.06 bits per heavy atom.